The van der Waals surface area contributed by atoms with Crippen molar-refractivity contribution in [2.45, 2.75) is 38.3 Å². The van der Waals surface area contributed by atoms with E-state index in [1.807, 2.05) is 30.0 Å². The maximum absolute atomic E-state index is 12.3. The third-order valence-corrected chi connectivity index (χ3v) is 4.11. The van der Waals surface area contributed by atoms with Gasteiger partial charge in [0, 0.05) is 29.0 Å². The van der Waals surface area contributed by atoms with E-state index >= 15 is 0 Å². The highest BCUT2D eigenvalue weighted by atomic mass is 79.9. The molecule has 1 heterocycles. The molecule has 0 bridgehead atoms. The Balaban J connectivity index is 0.00000220. The first-order valence-electron chi connectivity index (χ1n) is 6.91. The van der Waals surface area contributed by atoms with Crippen LogP contribution in [0.5, 0.6) is 5.75 Å². The van der Waals surface area contributed by atoms with Crippen molar-refractivity contribution in [3.8, 4) is 5.75 Å². The third-order valence-electron chi connectivity index (χ3n) is 3.62. The molecule has 2 unspecified atom stereocenters. The second-order valence-corrected chi connectivity index (χ2v) is 6.23. The molecule has 2 atom stereocenters. The minimum absolute atomic E-state index is 0. The quantitative estimate of drug-likeness (QED) is 0.876. The number of carbonyl (C=O) groups excluding carboxylic acids is 1. The summed E-state index contributed by atoms with van der Waals surface area (Å²) < 4.78 is 6.44. The molecule has 1 fully saturated rings. The van der Waals surface area contributed by atoms with Gasteiger partial charge in [-0.1, -0.05) is 15.9 Å². The molecule has 1 aliphatic rings. The van der Waals surface area contributed by atoms with Crippen LogP contribution >= 0.6 is 28.3 Å². The SMILES string of the molecule is COc1ccc(Br)cc1C1CCCN1C(=O)CC(C)N.Cl. The van der Waals surface area contributed by atoms with Crippen LogP contribution in [0.15, 0.2) is 22.7 Å². The van der Waals surface area contributed by atoms with Gasteiger partial charge in [0.25, 0.3) is 0 Å². The highest BCUT2D eigenvalue weighted by molar-refractivity contribution is 9.10. The number of likely N-dealkylation sites (tertiary alicyclic amines) is 1. The van der Waals surface area contributed by atoms with Crippen LogP contribution in [0.25, 0.3) is 0 Å². The predicted octanol–water partition coefficient (Wildman–Crippen LogP) is 3.28. The number of methoxy groups -OCH3 is 1. The maximum Gasteiger partial charge on any atom is 0.224 e. The van der Waals surface area contributed by atoms with E-state index in [-0.39, 0.29) is 30.4 Å². The number of carbonyl (C=O) groups is 1. The Hall–Kier alpha value is -0.780. The lowest BCUT2D eigenvalue weighted by Crippen LogP contribution is -2.34. The fourth-order valence-corrected chi connectivity index (χ4v) is 3.13. The average molecular weight is 378 g/mol. The Morgan fingerprint density at radius 1 is 1.57 bits per heavy atom. The summed E-state index contributed by atoms with van der Waals surface area (Å²) in [5, 5.41) is 0. The number of hydrogen-bond acceptors (Lipinski definition) is 3. The van der Waals surface area contributed by atoms with E-state index in [0.717, 1.165) is 35.2 Å². The maximum atomic E-state index is 12.3. The second-order valence-electron chi connectivity index (χ2n) is 5.31. The molecule has 6 heteroatoms. The summed E-state index contributed by atoms with van der Waals surface area (Å²) in [6, 6.07) is 5.92. The van der Waals surface area contributed by atoms with E-state index in [1.165, 1.54) is 0 Å². The minimum atomic E-state index is -0.104. The summed E-state index contributed by atoms with van der Waals surface area (Å²) in [6.07, 6.45) is 2.38. The lowest BCUT2D eigenvalue weighted by atomic mass is 10.0. The van der Waals surface area contributed by atoms with E-state index in [0.29, 0.717) is 6.42 Å². The van der Waals surface area contributed by atoms with Gasteiger partial charge in [-0.2, -0.15) is 0 Å². The van der Waals surface area contributed by atoms with Crippen molar-refractivity contribution >= 4 is 34.2 Å². The lowest BCUT2D eigenvalue weighted by Gasteiger charge is -2.27. The van der Waals surface area contributed by atoms with Crippen LogP contribution in [-0.4, -0.2) is 30.5 Å². The van der Waals surface area contributed by atoms with Crippen molar-refractivity contribution in [2.75, 3.05) is 13.7 Å². The second kappa shape index (κ2) is 8.01. The zero-order valence-corrected chi connectivity index (χ0v) is 14.7. The molecule has 118 valence electrons. The van der Waals surface area contributed by atoms with Gasteiger partial charge in [0.1, 0.15) is 5.75 Å². The van der Waals surface area contributed by atoms with Crippen LogP contribution in [0, 0.1) is 0 Å². The average Bonchev–Trinajstić information content (AvgIpc) is 2.87. The first-order chi connectivity index (χ1) is 9.52. The van der Waals surface area contributed by atoms with Gasteiger partial charge in [0.15, 0.2) is 0 Å². The van der Waals surface area contributed by atoms with Crippen LogP contribution in [0.1, 0.15) is 37.8 Å². The smallest absolute Gasteiger partial charge is 0.224 e. The van der Waals surface area contributed by atoms with Gasteiger partial charge in [-0.25, -0.2) is 0 Å². The number of halogens is 2. The van der Waals surface area contributed by atoms with Gasteiger partial charge in [-0.3, -0.25) is 4.79 Å². The molecule has 21 heavy (non-hydrogen) atoms. The Bertz CT molecular complexity index is 497. The van der Waals surface area contributed by atoms with Crippen LogP contribution in [0.2, 0.25) is 0 Å². The fourth-order valence-electron chi connectivity index (χ4n) is 2.75. The topological polar surface area (TPSA) is 55.6 Å². The number of ether oxygens (including phenoxy) is 1. The number of rotatable bonds is 4. The number of amides is 1. The Kier molecular flexibility index (Phi) is 6.97. The van der Waals surface area contributed by atoms with Gasteiger partial charge < -0.3 is 15.4 Å². The molecule has 2 N–H and O–H groups in total. The summed E-state index contributed by atoms with van der Waals surface area (Å²) in [4.78, 5) is 14.3. The van der Waals surface area contributed by atoms with Crippen molar-refractivity contribution in [1.29, 1.82) is 0 Å². The molecule has 0 aliphatic carbocycles. The van der Waals surface area contributed by atoms with Gasteiger partial charge in [-0.15, -0.1) is 12.4 Å². The summed E-state index contributed by atoms with van der Waals surface area (Å²) in [5.74, 6) is 0.961. The first kappa shape index (κ1) is 18.3. The molecule has 1 saturated heterocycles. The number of benzene rings is 1. The zero-order valence-electron chi connectivity index (χ0n) is 12.3. The standard InChI is InChI=1S/C15H21BrN2O2.ClH/c1-10(17)8-15(19)18-7-3-4-13(18)12-9-11(16)5-6-14(12)20-2;/h5-6,9-10,13H,3-4,7-8,17H2,1-2H3;1H. The van der Waals surface area contributed by atoms with E-state index in [1.54, 1.807) is 7.11 Å². The lowest BCUT2D eigenvalue weighted by molar-refractivity contribution is -0.132. The normalized spacial score (nSPS) is 19.0. The highest BCUT2D eigenvalue weighted by Crippen LogP contribution is 2.38. The summed E-state index contributed by atoms with van der Waals surface area (Å²) in [6.45, 7) is 2.66. The first-order valence-corrected chi connectivity index (χ1v) is 7.70. The Morgan fingerprint density at radius 3 is 2.90 bits per heavy atom. The summed E-state index contributed by atoms with van der Waals surface area (Å²) >= 11 is 3.49. The number of hydrogen-bond donors (Lipinski definition) is 1. The largest absolute Gasteiger partial charge is 0.496 e. The van der Waals surface area contributed by atoms with Crippen LogP contribution < -0.4 is 10.5 Å². The molecule has 1 aliphatic heterocycles. The van der Waals surface area contributed by atoms with Crippen molar-refractivity contribution in [1.82, 2.24) is 4.90 Å². The Labute approximate surface area is 140 Å². The summed E-state index contributed by atoms with van der Waals surface area (Å²) in [5.41, 5.74) is 6.81. The molecular weight excluding hydrogens is 356 g/mol. The number of nitrogens with two attached hydrogens (primary N) is 1. The molecule has 0 aromatic heterocycles. The van der Waals surface area contributed by atoms with Crippen LogP contribution in [-0.2, 0) is 4.79 Å². The van der Waals surface area contributed by atoms with Crippen molar-refractivity contribution in [2.24, 2.45) is 5.73 Å². The summed E-state index contributed by atoms with van der Waals surface area (Å²) in [7, 11) is 1.66. The van der Waals surface area contributed by atoms with Gasteiger partial charge in [0.2, 0.25) is 5.91 Å². The minimum Gasteiger partial charge on any atom is -0.496 e. The van der Waals surface area contributed by atoms with Crippen molar-refractivity contribution in [3.05, 3.63) is 28.2 Å². The monoisotopic (exact) mass is 376 g/mol. The predicted molar refractivity (Wildman–Crippen MR) is 89.9 cm³/mol. The highest BCUT2D eigenvalue weighted by Gasteiger charge is 2.31. The van der Waals surface area contributed by atoms with E-state index in [9.17, 15) is 4.79 Å². The van der Waals surface area contributed by atoms with Crippen LogP contribution in [0.4, 0.5) is 0 Å². The Morgan fingerprint density at radius 2 is 2.29 bits per heavy atom. The van der Waals surface area contributed by atoms with E-state index < -0.39 is 0 Å². The molecule has 0 radical (unpaired) electrons. The molecule has 1 aromatic rings. The molecule has 0 saturated carbocycles. The molecule has 2 rings (SSSR count). The van der Waals surface area contributed by atoms with Crippen LogP contribution in [0.3, 0.4) is 0 Å². The van der Waals surface area contributed by atoms with Gasteiger partial charge >= 0.3 is 0 Å². The van der Waals surface area contributed by atoms with Crippen molar-refractivity contribution in [3.63, 3.8) is 0 Å². The molecule has 0 spiro atoms. The van der Waals surface area contributed by atoms with Gasteiger partial charge in [-0.05, 0) is 38.0 Å². The van der Waals surface area contributed by atoms with E-state index in [4.69, 9.17) is 10.5 Å². The number of nitrogens with zero attached hydrogens (tertiary/aromatic N) is 1. The molecule has 1 amide bonds. The molecule has 1 aromatic carbocycles. The van der Waals surface area contributed by atoms with Gasteiger partial charge in [0.05, 0.1) is 13.2 Å². The molecular formula is C15H22BrClN2O2. The zero-order chi connectivity index (χ0) is 14.7. The fraction of sp³-hybridized carbons (Fsp3) is 0.533. The molecule has 4 nitrogen and oxygen atoms in total. The van der Waals surface area contributed by atoms with Crippen molar-refractivity contribution < 1.29 is 9.53 Å². The third kappa shape index (κ3) is 4.34. The van der Waals surface area contributed by atoms with E-state index in [2.05, 4.69) is 15.9 Å².